The molecule has 5 heteroatoms. The van der Waals surface area contributed by atoms with Crippen LogP contribution in [0.15, 0.2) is 54.6 Å². The normalized spacial score (nSPS) is 17.4. The standard InChI is InChI=1S/C19H22N2O3/c1-2-16-14-21(11-12-23-16)19(22)20-15-7-6-10-18(13-15)24-17-8-4-3-5-9-17/h3-10,13,16H,2,11-12,14H2,1H3,(H,20,22)/t16-/m1/s1. The first-order chi connectivity index (χ1) is 11.7. The van der Waals surface area contributed by atoms with Crippen molar-refractivity contribution in [3.8, 4) is 11.5 Å². The molecule has 0 saturated carbocycles. The summed E-state index contributed by atoms with van der Waals surface area (Å²) in [6.45, 7) is 3.89. The van der Waals surface area contributed by atoms with E-state index in [4.69, 9.17) is 9.47 Å². The zero-order valence-corrected chi connectivity index (χ0v) is 13.8. The number of hydrogen-bond acceptors (Lipinski definition) is 3. The highest BCUT2D eigenvalue weighted by Gasteiger charge is 2.23. The quantitative estimate of drug-likeness (QED) is 0.919. The maximum atomic E-state index is 12.4. The summed E-state index contributed by atoms with van der Waals surface area (Å²) in [6, 6.07) is 16.9. The van der Waals surface area contributed by atoms with Crippen molar-refractivity contribution in [2.24, 2.45) is 0 Å². The Kier molecular flexibility index (Phi) is 5.33. The van der Waals surface area contributed by atoms with E-state index in [0.717, 1.165) is 12.2 Å². The molecule has 126 valence electrons. The number of carbonyl (C=O) groups is 1. The Balaban J connectivity index is 1.63. The summed E-state index contributed by atoms with van der Waals surface area (Å²) in [7, 11) is 0. The number of benzene rings is 2. The lowest BCUT2D eigenvalue weighted by atomic mass is 10.2. The highest BCUT2D eigenvalue weighted by Crippen LogP contribution is 2.24. The molecule has 1 aliphatic heterocycles. The lowest BCUT2D eigenvalue weighted by Gasteiger charge is -2.32. The molecule has 2 amide bonds. The second-order valence-corrected chi connectivity index (χ2v) is 5.72. The first kappa shape index (κ1) is 16.3. The molecule has 1 N–H and O–H groups in total. The maximum absolute atomic E-state index is 12.4. The Morgan fingerprint density at radius 2 is 2.00 bits per heavy atom. The SMILES string of the molecule is CC[C@@H]1CN(C(=O)Nc2cccc(Oc3ccccc3)c2)CCO1. The van der Waals surface area contributed by atoms with E-state index in [2.05, 4.69) is 12.2 Å². The third kappa shape index (κ3) is 4.26. The van der Waals surface area contributed by atoms with Crippen LogP contribution in [-0.4, -0.2) is 36.7 Å². The fourth-order valence-corrected chi connectivity index (χ4v) is 2.62. The fraction of sp³-hybridized carbons (Fsp3) is 0.316. The Morgan fingerprint density at radius 1 is 1.21 bits per heavy atom. The number of anilines is 1. The highest BCUT2D eigenvalue weighted by molar-refractivity contribution is 5.89. The number of para-hydroxylation sites is 1. The van der Waals surface area contributed by atoms with Crippen molar-refractivity contribution >= 4 is 11.7 Å². The molecule has 2 aromatic rings. The highest BCUT2D eigenvalue weighted by atomic mass is 16.5. The van der Waals surface area contributed by atoms with Crippen molar-refractivity contribution in [2.75, 3.05) is 25.0 Å². The average molecular weight is 326 g/mol. The van der Waals surface area contributed by atoms with E-state index in [-0.39, 0.29) is 12.1 Å². The number of amides is 2. The molecule has 0 aliphatic carbocycles. The van der Waals surface area contributed by atoms with Gasteiger partial charge in [0.1, 0.15) is 11.5 Å². The van der Waals surface area contributed by atoms with Crippen molar-refractivity contribution in [3.63, 3.8) is 0 Å². The fourth-order valence-electron chi connectivity index (χ4n) is 2.62. The molecular formula is C19H22N2O3. The smallest absolute Gasteiger partial charge is 0.322 e. The molecule has 24 heavy (non-hydrogen) atoms. The number of urea groups is 1. The Morgan fingerprint density at radius 3 is 2.79 bits per heavy atom. The van der Waals surface area contributed by atoms with Crippen LogP contribution < -0.4 is 10.1 Å². The second kappa shape index (κ2) is 7.84. The van der Waals surface area contributed by atoms with Crippen LogP contribution in [0.25, 0.3) is 0 Å². The zero-order chi connectivity index (χ0) is 16.8. The van der Waals surface area contributed by atoms with Gasteiger partial charge in [-0.05, 0) is 30.7 Å². The van der Waals surface area contributed by atoms with Gasteiger partial charge in [0.25, 0.3) is 0 Å². The molecular weight excluding hydrogens is 304 g/mol. The predicted molar refractivity (Wildman–Crippen MR) is 93.6 cm³/mol. The van der Waals surface area contributed by atoms with E-state index in [9.17, 15) is 4.79 Å². The molecule has 0 spiro atoms. The minimum Gasteiger partial charge on any atom is -0.457 e. The molecule has 1 aliphatic rings. The first-order valence-electron chi connectivity index (χ1n) is 8.25. The van der Waals surface area contributed by atoms with Gasteiger partial charge in [-0.15, -0.1) is 0 Å². The molecule has 0 radical (unpaired) electrons. The van der Waals surface area contributed by atoms with Crippen LogP contribution in [0.3, 0.4) is 0 Å². The van der Waals surface area contributed by atoms with Crippen LogP contribution in [0, 0.1) is 0 Å². The maximum Gasteiger partial charge on any atom is 0.322 e. The second-order valence-electron chi connectivity index (χ2n) is 5.72. The summed E-state index contributed by atoms with van der Waals surface area (Å²) in [6.07, 6.45) is 1.03. The Labute approximate surface area is 142 Å². The predicted octanol–water partition coefficient (Wildman–Crippen LogP) is 4.12. The van der Waals surface area contributed by atoms with Crippen LogP contribution in [0.2, 0.25) is 0 Å². The molecule has 1 atom stereocenters. The number of nitrogens with one attached hydrogen (secondary N) is 1. The van der Waals surface area contributed by atoms with E-state index >= 15 is 0 Å². The van der Waals surface area contributed by atoms with Crippen molar-refractivity contribution in [2.45, 2.75) is 19.4 Å². The Hall–Kier alpha value is -2.53. The molecule has 0 bridgehead atoms. The molecule has 3 rings (SSSR count). The van der Waals surface area contributed by atoms with Crippen LogP contribution in [-0.2, 0) is 4.74 Å². The van der Waals surface area contributed by atoms with E-state index < -0.39 is 0 Å². The zero-order valence-electron chi connectivity index (χ0n) is 13.8. The molecule has 5 nitrogen and oxygen atoms in total. The van der Waals surface area contributed by atoms with Crippen molar-refractivity contribution in [1.82, 2.24) is 4.90 Å². The minimum atomic E-state index is -0.103. The van der Waals surface area contributed by atoms with Crippen molar-refractivity contribution < 1.29 is 14.3 Å². The number of ether oxygens (including phenoxy) is 2. The Bertz CT molecular complexity index is 675. The van der Waals surface area contributed by atoms with Gasteiger partial charge in [0.05, 0.1) is 12.7 Å². The van der Waals surface area contributed by atoms with Gasteiger partial charge in [0.15, 0.2) is 0 Å². The topological polar surface area (TPSA) is 50.8 Å². The van der Waals surface area contributed by atoms with Gasteiger partial charge < -0.3 is 19.7 Å². The monoisotopic (exact) mass is 326 g/mol. The largest absolute Gasteiger partial charge is 0.457 e. The molecule has 1 heterocycles. The summed E-state index contributed by atoms with van der Waals surface area (Å²) in [5, 5.41) is 2.93. The lowest BCUT2D eigenvalue weighted by Crippen LogP contribution is -2.47. The third-order valence-corrected chi connectivity index (χ3v) is 3.95. The lowest BCUT2D eigenvalue weighted by molar-refractivity contribution is -0.0134. The van der Waals surface area contributed by atoms with Crippen LogP contribution >= 0.6 is 0 Å². The summed E-state index contributed by atoms with van der Waals surface area (Å²) in [4.78, 5) is 14.2. The average Bonchev–Trinajstić information content (AvgIpc) is 2.63. The molecule has 0 unspecified atom stereocenters. The van der Waals surface area contributed by atoms with Crippen molar-refractivity contribution in [1.29, 1.82) is 0 Å². The minimum absolute atomic E-state index is 0.103. The molecule has 0 aromatic heterocycles. The molecule has 1 fully saturated rings. The van der Waals surface area contributed by atoms with Gasteiger partial charge >= 0.3 is 6.03 Å². The number of morpholine rings is 1. The van der Waals surface area contributed by atoms with Gasteiger partial charge in [-0.3, -0.25) is 0 Å². The van der Waals surface area contributed by atoms with Gasteiger partial charge in [-0.25, -0.2) is 4.79 Å². The van der Waals surface area contributed by atoms with Crippen LogP contribution in [0.5, 0.6) is 11.5 Å². The third-order valence-electron chi connectivity index (χ3n) is 3.95. The van der Waals surface area contributed by atoms with Gasteiger partial charge in [0.2, 0.25) is 0 Å². The number of nitrogens with zero attached hydrogens (tertiary/aromatic N) is 1. The van der Waals surface area contributed by atoms with Gasteiger partial charge in [-0.1, -0.05) is 31.2 Å². The summed E-state index contributed by atoms with van der Waals surface area (Å²) in [5.41, 5.74) is 0.716. The molecule has 2 aromatic carbocycles. The van der Waals surface area contributed by atoms with E-state index in [1.165, 1.54) is 0 Å². The number of hydrogen-bond donors (Lipinski definition) is 1. The number of carbonyl (C=O) groups excluding carboxylic acids is 1. The van der Waals surface area contributed by atoms with Crippen LogP contribution in [0.1, 0.15) is 13.3 Å². The molecule has 1 saturated heterocycles. The van der Waals surface area contributed by atoms with Gasteiger partial charge in [-0.2, -0.15) is 0 Å². The number of rotatable bonds is 4. The van der Waals surface area contributed by atoms with E-state index in [1.54, 1.807) is 4.90 Å². The summed E-state index contributed by atoms with van der Waals surface area (Å²) < 4.78 is 11.4. The summed E-state index contributed by atoms with van der Waals surface area (Å²) >= 11 is 0. The van der Waals surface area contributed by atoms with Gasteiger partial charge in [0, 0.05) is 24.8 Å². The van der Waals surface area contributed by atoms with Crippen molar-refractivity contribution in [3.05, 3.63) is 54.6 Å². The van der Waals surface area contributed by atoms with E-state index in [0.29, 0.717) is 31.1 Å². The van der Waals surface area contributed by atoms with E-state index in [1.807, 2.05) is 54.6 Å². The van der Waals surface area contributed by atoms with Crippen LogP contribution in [0.4, 0.5) is 10.5 Å². The summed E-state index contributed by atoms with van der Waals surface area (Å²) in [5.74, 6) is 1.45. The first-order valence-corrected chi connectivity index (χ1v) is 8.25.